The Morgan fingerprint density at radius 1 is 1.05 bits per heavy atom. The number of hydrogen-bond acceptors (Lipinski definition) is 7. The molecule has 0 aliphatic carbocycles. The molecule has 0 bridgehead atoms. The fraction of sp³-hybridized carbons (Fsp3) is 0.179. The number of carboxylic acids is 1. The molecule has 1 atom stereocenters. The van der Waals surface area contributed by atoms with Crippen LogP contribution in [-0.2, 0) is 24.6 Å². The Labute approximate surface area is 228 Å². The Kier molecular flexibility index (Phi) is 7.42. The summed E-state index contributed by atoms with van der Waals surface area (Å²) < 4.78 is 5.46. The highest BCUT2D eigenvalue weighted by molar-refractivity contribution is 6.51. The maximum atomic E-state index is 13.3. The molecule has 10 nitrogen and oxygen atoms in total. The molecule has 2 amide bonds. The van der Waals surface area contributed by atoms with Crippen LogP contribution in [0.1, 0.15) is 43.7 Å². The summed E-state index contributed by atoms with van der Waals surface area (Å²) in [7, 11) is 0. The van der Waals surface area contributed by atoms with Crippen LogP contribution in [0.3, 0.4) is 0 Å². The fourth-order valence-electron chi connectivity index (χ4n) is 3.99. The Hall–Kier alpha value is -4.70. The van der Waals surface area contributed by atoms with Crippen molar-refractivity contribution in [3.05, 3.63) is 94.2 Å². The molecular formula is C28H24ClN3O7. The number of carbonyl (C=O) groups excluding carboxylic acids is 3. The Morgan fingerprint density at radius 2 is 1.74 bits per heavy atom. The van der Waals surface area contributed by atoms with Crippen LogP contribution in [0, 0.1) is 0 Å². The molecule has 0 radical (unpaired) electrons. The third-order valence-corrected chi connectivity index (χ3v) is 6.15. The first kappa shape index (κ1) is 27.3. The van der Waals surface area contributed by atoms with Gasteiger partial charge in [-0.15, -0.1) is 0 Å². The number of aliphatic carboxylic acids is 1. The lowest BCUT2D eigenvalue weighted by molar-refractivity contribution is -0.132. The number of anilines is 2. The third kappa shape index (κ3) is 5.75. The van der Waals surface area contributed by atoms with Crippen molar-refractivity contribution in [3.8, 4) is 0 Å². The second kappa shape index (κ2) is 10.6. The van der Waals surface area contributed by atoms with Gasteiger partial charge in [-0.3, -0.25) is 19.3 Å². The van der Waals surface area contributed by atoms with E-state index in [9.17, 15) is 24.3 Å². The van der Waals surface area contributed by atoms with Crippen molar-refractivity contribution in [2.75, 3.05) is 10.2 Å². The molecule has 39 heavy (non-hydrogen) atoms. The first-order chi connectivity index (χ1) is 18.4. The van der Waals surface area contributed by atoms with Gasteiger partial charge in [0.15, 0.2) is 5.82 Å². The SMILES string of the molecule is CC(C)(C)c1cc(N2C(=O)C(=O)C(=C(O)c3cccc(NC(=O)/C=C/C(=O)O)c3)C2c2ccc(Cl)cc2)no1. The van der Waals surface area contributed by atoms with Crippen LogP contribution in [0.15, 0.2) is 76.8 Å². The summed E-state index contributed by atoms with van der Waals surface area (Å²) in [6.07, 6.45) is 1.52. The number of carboxylic acid groups (broad SMARTS) is 1. The van der Waals surface area contributed by atoms with Gasteiger partial charge in [0, 0.05) is 39.9 Å². The lowest BCUT2D eigenvalue weighted by atomic mass is 9.93. The van der Waals surface area contributed by atoms with Gasteiger partial charge in [-0.05, 0) is 29.8 Å². The van der Waals surface area contributed by atoms with E-state index in [1.807, 2.05) is 20.8 Å². The molecule has 3 N–H and O–H groups in total. The summed E-state index contributed by atoms with van der Waals surface area (Å²) in [6, 6.07) is 12.9. The van der Waals surface area contributed by atoms with E-state index in [1.165, 1.54) is 24.3 Å². The van der Waals surface area contributed by atoms with Crippen LogP contribution >= 0.6 is 11.6 Å². The van der Waals surface area contributed by atoms with E-state index in [-0.39, 0.29) is 22.6 Å². The number of benzene rings is 2. The van der Waals surface area contributed by atoms with Gasteiger partial charge in [0.25, 0.3) is 5.78 Å². The zero-order chi connectivity index (χ0) is 28.5. The topological polar surface area (TPSA) is 150 Å². The minimum atomic E-state index is -1.29. The molecule has 1 aromatic heterocycles. The van der Waals surface area contributed by atoms with Gasteiger partial charge in [-0.25, -0.2) is 4.79 Å². The largest absolute Gasteiger partial charge is 0.507 e. The van der Waals surface area contributed by atoms with Gasteiger partial charge in [-0.1, -0.05) is 61.8 Å². The minimum absolute atomic E-state index is 0.104. The summed E-state index contributed by atoms with van der Waals surface area (Å²) in [6.45, 7) is 5.72. The molecule has 11 heteroatoms. The zero-order valence-electron chi connectivity index (χ0n) is 21.1. The Bertz CT molecular complexity index is 1530. The smallest absolute Gasteiger partial charge is 0.328 e. The van der Waals surface area contributed by atoms with E-state index in [2.05, 4.69) is 10.5 Å². The minimum Gasteiger partial charge on any atom is -0.507 e. The number of carbonyl (C=O) groups is 4. The van der Waals surface area contributed by atoms with E-state index in [4.69, 9.17) is 21.2 Å². The molecule has 2 aromatic carbocycles. The average Bonchev–Trinajstić information content (AvgIpc) is 3.46. The van der Waals surface area contributed by atoms with Crippen LogP contribution in [0.5, 0.6) is 0 Å². The van der Waals surface area contributed by atoms with Gasteiger partial charge in [0.2, 0.25) is 5.91 Å². The van der Waals surface area contributed by atoms with Crippen molar-refractivity contribution in [2.24, 2.45) is 0 Å². The zero-order valence-corrected chi connectivity index (χ0v) is 21.9. The highest BCUT2D eigenvalue weighted by atomic mass is 35.5. The standard InChI is InChI=1S/C28H24ClN3O7/c1-28(2,3)19-14-20(31-39-19)32-24(15-7-9-17(29)10-8-15)23(26(37)27(32)38)25(36)16-5-4-6-18(13-16)30-21(33)11-12-22(34)35/h4-14,24,36H,1-3H3,(H,30,33)(H,34,35)/b12-11+,25-23?. The Morgan fingerprint density at radius 3 is 2.36 bits per heavy atom. The van der Waals surface area contributed by atoms with Crippen molar-refractivity contribution in [1.82, 2.24) is 5.16 Å². The second-order valence-corrected chi connectivity index (χ2v) is 10.2. The average molecular weight is 550 g/mol. The molecule has 1 saturated heterocycles. The number of rotatable bonds is 6. The number of halogens is 1. The third-order valence-electron chi connectivity index (χ3n) is 5.89. The lowest BCUT2D eigenvalue weighted by Crippen LogP contribution is -2.29. The van der Waals surface area contributed by atoms with E-state index < -0.39 is 40.8 Å². The highest BCUT2D eigenvalue weighted by Gasteiger charge is 2.48. The van der Waals surface area contributed by atoms with Crippen LogP contribution in [0.25, 0.3) is 5.76 Å². The first-order valence-corrected chi connectivity index (χ1v) is 12.1. The molecule has 3 aromatic rings. The van der Waals surface area contributed by atoms with Gasteiger partial charge in [-0.2, -0.15) is 0 Å². The van der Waals surface area contributed by atoms with Crippen molar-refractivity contribution < 1.29 is 33.9 Å². The van der Waals surface area contributed by atoms with E-state index >= 15 is 0 Å². The monoisotopic (exact) mass is 549 g/mol. The molecular weight excluding hydrogens is 526 g/mol. The van der Waals surface area contributed by atoms with Gasteiger partial charge < -0.3 is 20.1 Å². The van der Waals surface area contributed by atoms with Gasteiger partial charge in [0.05, 0.1) is 11.6 Å². The van der Waals surface area contributed by atoms with Crippen LogP contribution in [0.4, 0.5) is 11.5 Å². The lowest BCUT2D eigenvalue weighted by Gasteiger charge is -2.23. The number of aliphatic hydroxyl groups excluding tert-OH is 1. The van der Waals surface area contributed by atoms with Gasteiger partial charge >= 0.3 is 11.9 Å². The molecule has 1 unspecified atom stereocenters. The number of amides is 2. The number of ketones is 1. The van der Waals surface area contributed by atoms with Crippen LogP contribution in [0.2, 0.25) is 5.02 Å². The molecule has 0 saturated carbocycles. The van der Waals surface area contributed by atoms with E-state index in [0.717, 1.165) is 11.0 Å². The normalized spacial score (nSPS) is 17.1. The predicted octanol–water partition coefficient (Wildman–Crippen LogP) is 4.83. The second-order valence-electron chi connectivity index (χ2n) is 9.76. The van der Waals surface area contributed by atoms with E-state index in [0.29, 0.717) is 22.4 Å². The molecule has 1 aliphatic rings. The number of nitrogens with one attached hydrogen (secondary N) is 1. The number of nitrogens with zero attached hydrogens (tertiary/aromatic N) is 2. The van der Waals surface area contributed by atoms with E-state index in [1.54, 1.807) is 30.3 Å². The summed E-state index contributed by atoms with van der Waals surface area (Å²) in [5, 5.41) is 27.0. The number of hydrogen-bond donors (Lipinski definition) is 3. The Balaban J connectivity index is 1.81. The molecule has 1 aliphatic heterocycles. The van der Waals surface area contributed by atoms with Crippen molar-refractivity contribution >= 4 is 52.4 Å². The molecule has 0 spiro atoms. The molecule has 4 rings (SSSR count). The summed E-state index contributed by atoms with van der Waals surface area (Å²) in [4.78, 5) is 50.5. The number of aromatic nitrogens is 1. The summed E-state index contributed by atoms with van der Waals surface area (Å²) in [5.41, 5.74) is 0.241. The first-order valence-electron chi connectivity index (χ1n) is 11.7. The highest BCUT2D eigenvalue weighted by Crippen LogP contribution is 2.43. The number of Topliss-reactive ketones (excluding diaryl/α,β-unsaturated/α-hetero) is 1. The summed E-state index contributed by atoms with van der Waals surface area (Å²) >= 11 is 6.07. The van der Waals surface area contributed by atoms with Crippen molar-refractivity contribution in [3.63, 3.8) is 0 Å². The van der Waals surface area contributed by atoms with Crippen LogP contribution < -0.4 is 10.2 Å². The maximum Gasteiger partial charge on any atom is 0.328 e. The molecule has 2 heterocycles. The summed E-state index contributed by atoms with van der Waals surface area (Å²) in [5.74, 6) is -3.72. The predicted molar refractivity (Wildman–Crippen MR) is 143 cm³/mol. The van der Waals surface area contributed by atoms with Crippen molar-refractivity contribution in [2.45, 2.75) is 32.2 Å². The van der Waals surface area contributed by atoms with Gasteiger partial charge in [0.1, 0.15) is 11.5 Å². The van der Waals surface area contributed by atoms with Crippen molar-refractivity contribution in [1.29, 1.82) is 0 Å². The van der Waals surface area contributed by atoms with Crippen LogP contribution in [-0.4, -0.2) is 38.9 Å². The quantitative estimate of drug-likeness (QED) is 0.225. The molecule has 200 valence electrons. The maximum absolute atomic E-state index is 13.3. The number of aliphatic hydroxyl groups is 1. The molecule has 1 fully saturated rings. The fourth-order valence-corrected chi connectivity index (χ4v) is 4.12.